The number of sulfonamides is 1. The number of nitrogens with one attached hydrogen (secondary N) is 1. The lowest BCUT2D eigenvalue weighted by Gasteiger charge is -2.18. The molecule has 3 N–H and O–H groups in total. The van der Waals surface area contributed by atoms with Gasteiger partial charge in [0.25, 0.3) is 0 Å². The Balaban J connectivity index is 2.22. The molecule has 6 heteroatoms. The van der Waals surface area contributed by atoms with Gasteiger partial charge in [0.2, 0.25) is 10.0 Å². The molecule has 1 aromatic carbocycles. The van der Waals surface area contributed by atoms with E-state index in [1.54, 1.807) is 6.07 Å². The molecule has 19 heavy (non-hydrogen) atoms. The normalized spacial score (nSPS) is 22.6. The summed E-state index contributed by atoms with van der Waals surface area (Å²) in [6, 6.07) is 4.45. The molecule has 0 aliphatic heterocycles. The first-order valence-corrected chi connectivity index (χ1v) is 8.13. The maximum absolute atomic E-state index is 12.3. The average Bonchev–Trinajstić information content (AvgIpc) is 2.60. The molecule has 1 saturated carbocycles. The van der Waals surface area contributed by atoms with Crippen LogP contribution in [0.5, 0.6) is 0 Å². The van der Waals surface area contributed by atoms with E-state index in [1.165, 1.54) is 12.1 Å². The first-order valence-electron chi connectivity index (χ1n) is 6.27. The molecule has 1 aromatic rings. The molecule has 1 unspecified atom stereocenters. The van der Waals surface area contributed by atoms with E-state index in [4.69, 9.17) is 17.3 Å². The number of rotatable bonds is 3. The third kappa shape index (κ3) is 3.41. The lowest BCUT2D eigenvalue weighted by atomic mass is 9.92. The van der Waals surface area contributed by atoms with Crippen LogP contribution in [-0.4, -0.2) is 14.5 Å². The van der Waals surface area contributed by atoms with E-state index >= 15 is 0 Å². The van der Waals surface area contributed by atoms with E-state index in [2.05, 4.69) is 18.6 Å². The van der Waals surface area contributed by atoms with E-state index < -0.39 is 10.0 Å². The van der Waals surface area contributed by atoms with Crippen LogP contribution in [0.4, 0.5) is 5.69 Å². The van der Waals surface area contributed by atoms with E-state index in [-0.39, 0.29) is 21.4 Å². The van der Waals surface area contributed by atoms with Crippen molar-refractivity contribution in [2.24, 2.45) is 5.41 Å². The van der Waals surface area contributed by atoms with Crippen LogP contribution in [0.15, 0.2) is 23.1 Å². The van der Waals surface area contributed by atoms with Crippen LogP contribution in [0.3, 0.4) is 0 Å². The monoisotopic (exact) mass is 302 g/mol. The van der Waals surface area contributed by atoms with Crippen molar-refractivity contribution in [3.05, 3.63) is 23.2 Å². The van der Waals surface area contributed by atoms with E-state index in [9.17, 15) is 8.42 Å². The molecule has 1 fully saturated rings. The largest absolute Gasteiger partial charge is 0.399 e. The summed E-state index contributed by atoms with van der Waals surface area (Å²) in [5, 5.41) is 0.193. The van der Waals surface area contributed by atoms with Gasteiger partial charge in [0.1, 0.15) is 4.90 Å². The number of nitrogen functional groups attached to an aromatic ring is 1. The van der Waals surface area contributed by atoms with Gasteiger partial charge in [-0.15, -0.1) is 0 Å². The maximum atomic E-state index is 12.3. The molecule has 1 aliphatic rings. The minimum Gasteiger partial charge on any atom is -0.399 e. The van der Waals surface area contributed by atoms with Gasteiger partial charge in [0.15, 0.2) is 0 Å². The molecule has 0 spiro atoms. The predicted molar refractivity (Wildman–Crippen MR) is 77.6 cm³/mol. The molecule has 0 saturated heterocycles. The summed E-state index contributed by atoms with van der Waals surface area (Å²) >= 11 is 5.95. The SMILES string of the molecule is CC1(C)CCC(NS(=O)(=O)c2cc(N)ccc2Cl)C1. The second-order valence-electron chi connectivity index (χ2n) is 5.92. The van der Waals surface area contributed by atoms with E-state index in [1.807, 2.05) is 0 Å². The fraction of sp³-hybridized carbons (Fsp3) is 0.538. The Morgan fingerprint density at radius 3 is 2.68 bits per heavy atom. The van der Waals surface area contributed by atoms with Crippen molar-refractivity contribution in [1.82, 2.24) is 4.72 Å². The smallest absolute Gasteiger partial charge is 0.242 e. The molecule has 0 heterocycles. The van der Waals surface area contributed by atoms with Crippen molar-refractivity contribution in [3.8, 4) is 0 Å². The van der Waals surface area contributed by atoms with Gasteiger partial charge >= 0.3 is 0 Å². The van der Waals surface area contributed by atoms with Crippen LogP contribution in [0.25, 0.3) is 0 Å². The van der Waals surface area contributed by atoms with Crippen molar-refractivity contribution in [1.29, 1.82) is 0 Å². The number of anilines is 1. The number of nitrogens with two attached hydrogens (primary N) is 1. The highest BCUT2D eigenvalue weighted by Crippen LogP contribution is 2.37. The number of halogens is 1. The topological polar surface area (TPSA) is 72.2 Å². The Labute approximate surface area is 119 Å². The van der Waals surface area contributed by atoms with Crippen molar-refractivity contribution in [3.63, 3.8) is 0 Å². The van der Waals surface area contributed by atoms with E-state index in [0.29, 0.717) is 5.69 Å². The van der Waals surface area contributed by atoms with Gasteiger partial charge in [-0.25, -0.2) is 13.1 Å². The summed E-state index contributed by atoms with van der Waals surface area (Å²) in [7, 11) is -3.61. The minimum absolute atomic E-state index is 0.0301. The summed E-state index contributed by atoms with van der Waals surface area (Å²) in [6.45, 7) is 4.30. The first-order chi connectivity index (χ1) is 8.70. The Kier molecular flexibility index (Phi) is 3.82. The molecular formula is C13H19ClN2O2S. The third-order valence-corrected chi connectivity index (χ3v) is 5.54. The lowest BCUT2D eigenvalue weighted by molar-refractivity contribution is 0.372. The zero-order valence-corrected chi connectivity index (χ0v) is 12.7. The quantitative estimate of drug-likeness (QED) is 0.843. The highest BCUT2D eigenvalue weighted by Gasteiger charge is 2.34. The molecule has 106 valence electrons. The maximum Gasteiger partial charge on any atom is 0.242 e. The van der Waals surface area contributed by atoms with Crippen molar-refractivity contribution in [2.45, 2.75) is 44.0 Å². The fourth-order valence-electron chi connectivity index (χ4n) is 2.55. The number of hydrogen-bond acceptors (Lipinski definition) is 3. The highest BCUT2D eigenvalue weighted by molar-refractivity contribution is 7.89. The van der Waals surface area contributed by atoms with Crippen molar-refractivity contribution in [2.75, 3.05) is 5.73 Å². The van der Waals surface area contributed by atoms with Crippen LogP contribution in [0.2, 0.25) is 5.02 Å². The van der Waals surface area contributed by atoms with Gasteiger partial charge in [-0.3, -0.25) is 0 Å². The van der Waals surface area contributed by atoms with Crippen LogP contribution >= 0.6 is 11.6 Å². The van der Waals surface area contributed by atoms with Gasteiger partial charge in [-0.1, -0.05) is 25.4 Å². The Morgan fingerprint density at radius 1 is 1.42 bits per heavy atom. The number of hydrogen-bond donors (Lipinski definition) is 2. The van der Waals surface area contributed by atoms with Gasteiger partial charge in [0, 0.05) is 11.7 Å². The van der Waals surface area contributed by atoms with E-state index in [0.717, 1.165) is 19.3 Å². The molecular weight excluding hydrogens is 284 g/mol. The molecule has 0 bridgehead atoms. The summed E-state index contributed by atoms with van der Waals surface area (Å²) in [4.78, 5) is 0.0545. The first kappa shape index (κ1) is 14.6. The minimum atomic E-state index is -3.61. The van der Waals surface area contributed by atoms with Gasteiger partial charge < -0.3 is 5.73 Å². The average molecular weight is 303 g/mol. The molecule has 0 amide bonds. The Hall–Kier alpha value is -0.780. The second kappa shape index (κ2) is 4.96. The molecule has 0 aromatic heterocycles. The standard InChI is InChI=1S/C13H19ClN2O2S/c1-13(2)6-5-10(8-13)16-19(17,18)12-7-9(15)3-4-11(12)14/h3-4,7,10,16H,5-6,8,15H2,1-2H3. The molecule has 0 radical (unpaired) electrons. The Morgan fingerprint density at radius 2 is 2.11 bits per heavy atom. The molecule has 1 aliphatic carbocycles. The van der Waals surface area contributed by atoms with Crippen LogP contribution in [0, 0.1) is 5.41 Å². The second-order valence-corrected chi connectivity index (χ2v) is 8.00. The zero-order chi connectivity index (χ0) is 14.3. The predicted octanol–water partition coefficient (Wildman–Crippen LogP) is 2.78. The van der Waals surface area contributed by atoms with Crippen LogP contribution in [0.1, 0.15) is 33.1 Å². The van der Waals surface area contributed by atoms with Crippen LogP contribution in [-0.2, 0) is 10.0 Å². The summed E-state index contributed by atoms with van der Waals surface area (Å²) in [5.41, 5.74) is 6.20. The lowest BCUT2D eigenvalue weighted by Crippen LogP contribution is -2.33. The van der Waals surface area contributed by atoms with Crippen LogP contribution < -0.4 is 10.5 Å². The van der Waals surface area contributed by atoms with Crippen molar-refractivity contribution >= 4 is 27.3 Å². The van der Waals surface area contributed by atoms with Gasteiger partial charge in [-0.2, -0.15) is 0 Å². The summed E-state index contributed by atoms with van der Waals surface area (Å²) in [5.74, 6) is 0. The molecule has 1 atom stereocenters. The summed E-state index contributed by atoms with van der Waals surface area (Å²) < 4.78 is 27.4. The zero-order valence-electron chi connectivity index (χ0n) is 11.1. The molecule has 2 rings (SSSR count). The highest BCUT2D eigenvalue weighted by atomic mass is 35.5. The Bertz CT molecular complexity index is 584. The fourth-order valence-corrected chi connectivity index (χ4v) is 4.35. The van der Waals surface area contributed by atoms with Gasteiger partial charge in [-0.05, 0) is 42.9 Å². The van der Waals surface area contributed by atoms with Gasteiger partial charge in [0.05, 0.1) is 5.02 Å². The molecule has 4 nitrogen and oxygen atoms in total. The van der Waals surface area contributed by atoms with Crippen molar-refractivity contribution < 1.29 is 8.42 Å². The third-order valence-electron chi connectivity index (χ3n) is 3.54. The number of benzene rings is 1. The summed E-state index contributed by atoms with van der Waals surface area (Å²) in [6.07, 6.45) is 2.71.